The van der Waals surface area contributed by atoms with E-state index in [0.717, 1.165) is 83.1 Å². The zero-order valence-corrected chi connectivity index (χ0v) is 18.5. The number of rotatable bonds is 5. The first-order chi connectivity index (χ1) is 14.6. The normalized spacial score (nSPS) is 20.1. The van der Waals surface area contributed by atoms with Crippen molar-refractivity contribution in [1.29, 1.82) is 0 Å². The smallest absolute Gasteiger partial charge is 0.341 e. The number of thiophene rings is 1. The Morgan fingerprint density at radius 3 is 2.43 bits per heavy atom. The number of amides is 2. The van der Waals surface area contributed by atoms with Crippen LogP contribution in [0.3, 0.4) is 0 Å². The van der Waals surface area contributed by atoms with Crippen LogP contribution in [0.4, 0.5) is 5.00 Å². The van der Waals surface area contributed by atoms with Gasteiger partial charge in [-0.1, -0.05) is 0 Å². The Bertz CT molecular complexity index is 808. The third kappa shape index (κ3) is 4.54. The van der Waals surface area contributed by atoms with Crippen molar-refractivity contribution in [2.45, 2.75) is 51.4 Å². The Balaban J connectivity index is 1.33. The number of hydrogen-bond donors (Lipinski definition) is 1. The van der Waals surface area contributed by atoms with Gasteiger partial charge in [-0.3, -0.25) is 14.5 Å². The van der Waals surface area contributed by atoms with Crippen LogP contribution in [0.1, 0.15) is 59.3 Å². The summed E-state index contributed by atoms with van der Waals surface area (Å²) in [6, 6.07) is 0. The van der Waals surface area contributed by atoms with Crippen molar-refractivity contribution < 1.29 is 19.1 Å². The minimum absolute atomic E-state index is 0.0948. The van der Waals surface area contributed by atoms with E-state index in [2.05, 4.69) is 10.2 Å². The van der Waals surface area contributed by atoms with Gasteiger partial charge in [-0.05, 0) is 70.0 Å². The second kappa shape index (κ2) is 9.47. The fourth-order valence-electron chi connectivity index (χ4n) is 4.87. The molecule has 2 fully saturated rings. The fraction of sp³-hybridized carbons (Fsp3) is 0.682. The molecule has 1 N–H and O–H groups in total. The van der Waals surface area contributed by atoms with Gasteiger partial charge in [0, 0.05) is 23.9 Å². The second-order valence-corrected chi connectivity index (χ2v) is 9.64. The molecule has 3 aliphatic rings. The number of nitrogens with one attached hydrogen (secondary N) is 1. The number of nitrogens with zero attached hydrogens (tertiary/aromatic N) is 2. The second-order valence-electron chi connectivity index (χ2n) is 8.54. The maximum atomic E-state index is 12.7. The molecule has 7 nitrogen and oxygen atoms in total. The first kappa shape index (κ1) is 21.3. The molecule has 0 radical (unpaired) electrons. The Kier molecular flexibility index (Phi) is 6.73. The summed E-state index contributed by atoms with van der Waals surface area (Å²) < 4.78 is 4.98. The van der Waals surface area contributed by atoms with Crippen molar-refractivity contribution in [3.05, 3.63) is 16.0 Å². The van der Waals surface area contributed by atoms with Crippen molar-refractivity contribution in [2.24, 2.45) is 5.92 Å². The maximum Gasteiger partial charge on any atom is 0.341 e. The van der Waals surface area contributed by atoms with Crippen molar-refractivity contribution >= 4 is 34.1 Å². The van der Waals surface area contributed by atoms with E-state index >= 15 is 0 Å². The minimum atomic E-state index is -0.370. The number of methoxy groups -OCH3 is 1. The SMILES string of the molecule is COC(=O)c1c(NC(=O)CN2CCC(C(=O)N3CCCC3)CC2)sc2c1CCCC2. The number of esters is 1. The lowest BCUT2D eigenvalue weighted by Gasteiger charge is -2.32. The molecule has 0 atom stereocenters. The Hall–Kier alpha value is -1.93. The van der Waals surface area contributed by atoms with Crippen LogP contribution in [0.2, 0.25) is 0 Å². The molecule has 0 bridgehead atoms. The number of anilines is 1. The standard InChI is InChI=1S/C22H31N3O4S/c1-29-22(28)19-16-6-2-3-7-17(16)30-20(19)23-18(26)14-24-12-8-15(9-13-24)21(27)25-10-4-5-11-25/h15H,2-14H2,1H3,(H,23,26). The average Bonchev–Trinajstić information content (AvgIpc) is 3.41. The highest BCUT2D eigenvalue weighted by molar-refractivity contribution is 7.17. The molecule has 0 aromatic carbocycles. The third-order valence-corrected chi connectivity index (χ3v) is 7.74. The highest BCUT2D eigenvalue weighted by Crippen LogP contribution is 2.38. The molecule has 0 saturated carbocycles. The van der Waals surface area contributed by atoms with E-state index in [1.54, 1.807) is 0 Å². The number of carbonyl (C=O) groups is 3. The quantitative estimate of drug-likeness (QED) is 0.723. The number of fused-ring (bicyclic) bond motifs is 1. The van der Waals surface area contributed by atoms with E-state index in [1.165, 1.54) is 23.3 Å². The molecule has 2 amide bonds. The first-order valence-electron chi connectivity index (χ1n) is 11.1. The highest BCUT2D eigenvalue weighted by Gasteiger charge is 2.31. The van der Waals surface area contributed by atoms with Gasteiger partial charge in [0.2, 0.25) is 11.8 Å². The molecule has 1 aromatic heterocycles. The first-order valence-corrected chi connectivity index (χ1v) is 11.9. The molecule has 8 heteroatoms. The van der Waals surface area contributed by atoms with Gasteiger partial charge in [-0.15, -0.1) is 11.3 Å². The van der Waals surface area contributed by atoms with E-state index in [0.29, 0.717) is 16.5 Å². The van der Waals surface area contributed by atoms with Gasteiger partial charge in [0.1, 0.15) is 5.00 Å². The minimum Gasteiger partial charge on any atom is -0.465 e. The van der Waals surface area contributed by atoms with Crippen LogP contribution < -0.4 is 5.32 Å². The Labute approximate surface area is 181 Å². The molecule has 1 aliphatic carbocycles. The van der Waals surface area contributed by atoms with Gasteiger partial charge in [-0.25, -0.2) is 4.79 Å². The molecule has 3 heterocycles. The average molecular weight is 434 g/mol. The zero-order chi connectivity index (χ0) is 21.1. The summed E-state index contributed by atoms with van der Waals surface area (Å²) in [5, 5.41) is 3.59. The highest BCUT2D eigenvalue weighted by atomic mass is 32.1. The molecule has 2 aliphatic heterocycles. The Morgan fingerprint density at radius 2 is 1.73 bits per heavy atom. The predicted octanol–water partition coefficient (Wildman–Crippen LogP) is 2.69. The molecule has 4 rings (SSSR count). The topological polar surface area (TPSA) is 79.0 Å². The Morgan fingerprint density at radius 1 is 1.03 bits per heavy atom. The summed E-state index contributed by atoms with van der Waals surface area (Å²) >= 11 is 1.51. The molecule has 1 aromatic rings. The van der Waals surface area contributed by atoms with Gasteiger partial charge in [-0.2, -0.15) is 0 Å². The molecule has 2 saturated heterocycles. The fourth-order valence-corrected chi connectivity index (χ4v) is 6.17. The largest absolute Gasteiger partial charge is 0.465 e. The van der Waals surface area contributed by atoms with Crippen LogP contribution >= 0.6 is 11.3 Å². The predicted molar refractivity (Wildman–Crippen MR) is 116 cm³/mol. The number of ether oxygens (including phenoxy) is 1. The lowest BCUT2D eigenvalue weighted by Crippen LogP contribution is -2.43. The summed E-state index contributed by atoms with van der Waals surface area (Å²) in [6.07, 6.45) is 7.85. The van der Waals surface area contributed by atoms with Gasteiger partial charge < -0.3 is 15.0 Å². The van der Waals surface area contributed by atoms with Gasteiger partial charge in [0.05, 0.1) is 19.2 Å². The van der Waals surface area contributed by atoms with Crippen molar-refractivity contribution in [2.75, 3.05) is 45.2 Å². The summed E-state index contributed by atoms with van der Waals surface area (Å²) in [4.78, 5) is 42.9. The summed E-state index contributed by atoms with van der Waals surface area (Å²) in [7, 11) is 1.38. The number of aryl methyl sites for hydroxylation is 1. The molecule has 0 spiro atoms. The summed E-state index contributed by atoms with van der Waals surface area (Å²) in [5.41, 5.74) is 1.59. The van der Waals surface area contributed by atoms with E-state index in [4.69, 9.17) is 4.74 Å². The van der Waals surface area contributed by atoms with Crippen molar-refractivity contribution in [3.8, 4) is 0 Å². The van der Waals surface area contributed by atoms with Crippen LogP contribution in [0.5, 0.6) is 0 Å². The van der Waals surface area contributed by atoms with E-state index < -0.39 is 0 Å². The third-order valence-electron chi connectivity index (χ3n) is 6.54. The van der Waals surface area contributed by atoms with Gasteiger partial charge in [0.15, 0.2) is 0 Å². The summed E-state index contributed by atoms with van der Waals surface area (Å²) in [6.45, 7) is 3.59. The molecule has 0 unspecified atom stereocenters. The number of hydrogen-bond acceptors (Lipinski definition) is 6. The molecular formula is C22H31N3O4S. The van der Waals surface area contributed by atoms with Crippen LogP contribution in [0.25, 0.3) is 0 Å². The lowest BCUT2D eigenvalue weighted by atomic mass is 9.95. The van der Waals surface area contributed by atoms with Crippen LogP contribution in [0.15, 0.2) is 0 Å². The van der Waals surface area contributed by atoms with Crippen LogP contribution in [-0.4, -0.2) is 67.4 Å². The monoisotopic (exact) mass is 433 g/mol. The maximum absolute atomic E-state index is 12.7. The number of likely N-dealkylation sites (tertiary alicyclic amines) is 2. The number of carbonyl (C=O) groups excluding carboxylic acids is 3. The van der Waals surface area contributed by atoms with Crippen LogP contribution in [-0.2, 0) is 27.2 Å². The van der Waals surface area contributed by atoms with Crippen LogP contribution in [0, 0.1) is 5.92 Å². The zero-order valence-electron chi connectivity index (χ0n) is 17.7. The molecule has 30 heavy (non-hydrogen) atoms. The van der Waals surface area contributed by atoms with Gasteiger partial charge in [0.25, 0.3) is 0 Å². The molecule has 164 valence electrons. The van der Waals surface area contributed by atoms with Gasteiger partial charge >= 0.3 is 5.97 Å². The number of piperidine rings is 1. The van der Waals surface area contributed by atoms with E-state index in [-0.39, 0.29) is 24.3 Å². The van der Waals surface area contributed by atoms with E-state index in [1.807, 2.05) is 4.90 Å². The lowest BCUT2D eigenvalue weighted by molar-refractivity contribution is -0.136. The van der Waals surface area contributed by atoms with Crippen molar-refractivity contribution in [3.63, 3.8) is 0 Å². The van der Waals surface area contributed by atoms with E-state index in [9.17, 15) is 14.4 Å². The summed E-state index contributed by atoms with van der Waals surface area (Å²) in [5.74, 6) is -0.0881. The molecular weight excluding hydrogens is 402 g/mol. The van der Waals surface area contributed by atoms with Crippen molar-refractivity contribution in [1.82, 2.24) is 9.80 Å².